The maximum atomic E-state index is 12.5. The summed E-state index contributed by atoms with van der Waals surface area (Å²) in [5, 5.41) is 11.9. The van der Waals surface area contributed by atoms with Gasteiger partial charge in [0.15, 0.2) is 0 Å². The summed E-state index contributed by atoms with van der Waals surface area (Å²) in [7, 11) is 0. The van der Waals surface area contributed by atoms with E-state index >= 15 is 0 Å². The number of nitrogens with one attached hydrogen (secondary N) is 1. The minimum Gasteiger partial charge on any atom is -0.481 e. The molecule has 0 aliphatic heterocycles. The number of hydrogen-bond acceptors (Lipinski definition) is 4. The molecule has 1 heterocycles. The van der Waals surface area contributed by atoms with Gasteiger partial charge >= 0.3 is 5.97 Å². The number of fused-ring (bicyclic) bond motifs is 1. The van der Waals surface area contributed by atoms with Crippen molar-refractivity contribution < 1.29 is 14.7 Å². The Morgan fingerprint density at radius 1 is 1.14 bits per heavy atom. The molecule has 2 rings (SSSR count). The molecule has 6 nitrogen and oxygen atoms in total. The highest BCUT2D eigenvalue weighted by atomic mass is 16.4. The summed E-state index contributed by atoms with van der Waals surface area (Å²) in [5.74, 6) is -1.22. The summed E-state index contributed by atoms with van der Waals surface area (Å²) < 4.78 is 0. The standard InChI is InChI=1S/C16H19N3O3/c1-3-16(4-2,10-14(20)21)19-15(22)11-5-6-12-13(9-11)18-8-7-17-12/h5-9H,3-4,10H2,1-2H3,(H,19,22)(H,20,21). The van der Waals surface area contributed by atoms with Crippen LogP contribution in [-0.4, -0.2) is 32.5 Å². The van der Waals surface area contributed by atoms with Crippen molar-refractivity contribution in [2.45, 2.75) is 38.6 Å². The highest BCUT2D eigenvalue weighted by Gasteiger charge is 2.31. The number of carbonyl (C=O) groups excluding carboxylic acids is 1. The van der Waals surface area contributed by atoms with E-state index in [4.69, 9.17) is 5.11 Å². The van der Waals surface area contributed by atoms with Gasteiger partial charge in [-0.2, -0.15) is 0 Å². The molecule has 0 bridgehead atoms. The molecule has 1 amide bonds. The van der Waals surface area contributed by atoms with Gasteiger partial charge in [-0.25, -0.2) is 0 Å². The van der Waals surface area contributed by atoms with Gasteiger partial charge in [0.25, 0.3) is 5.91 Å². The largest absolute Gasteiger partial charge is 0.481 e. The summed E-state index contributed by atoms with van der Waals surface area (Å²) in [5.41, 5.74) is 1.05. The Hall–Kier alpha value is -2.50. The van der Waals surface area contributed by atoms with E-state index in [0.717, 1.165) is 0 Å². The molecule has 0 fully saturated rings. The molecule has 6 heteroatoms. The van der Waals surface area contributed by atoms with E-state index < -0.39 is 11.5 Å². The number of hydrogen-bond donors (Lipinski definition) is 2. The van der Waals surface area contributed by atoms with Gasteiger partial charge in [0.1, 0.15) is 0 Å². The van der Waals surface area contributed by atoms with Crippen LogP contribution in [0.1, 0.15) is 43.5 Å². The molecule has 0 spiro atoms. The number of nitrogens with zero attached hydrogens (tertiary/aromatic N) is 2. The third-order valence-corrected chi connectivity index (χ3v) is 3.95. The highest BCUT2D eigenvalue weighted by molar-refractivity contribution is 5.97. The molecule has 2 aromatic rings. The Kier molecular flexibility index (Phi) is 4.70. The molecule has 0 unspecified atom stereocenters. The zero-order chi connectivity index (χ0) is 16.2. The van der Waals surface area contributed by atoms with Gasteiger partial charge in [-0.3, -0.25) is 19.6 Å². The van der Waals surface area contributed by atoms with Gasteiger partial charge in [-0.05, 0) is 31.0 Å². The lowest BCUT2D eigenvalue weighted by atomic mass is 9.88. The Bertz CT molecular complexity index is 696. The van der Waals surface area contributed by atoms with Gasteiger partial charge in [-0.15, -0.1) is 0 Å². The van der Waals surface area contributed by atoms with Crippen molar-refractivity contribution in [2.24, 2.45) is 0 Å². The van der Waals surface area contributed by atoms with Crippen LogP contribution < -0.4 is 5.32 Å². The number of carboxylic acids is 1. The number of benzene rings is 1. The minimum absolute atomic E-state index is 0.0981. The maximum Gasteiger partial charge on any atom is 0.305 e. The summed E-state index contributed by atoms with van der Waals surface area (Å²) >= 11 is 0. The molecule has 0 aliphatic carbocycles. The maximum absolute atomic E-state index is 12.5. The topological polar surface area (TPSA) is 92.2 Å². The average molecular weight is 301 g/mol. The van der Waals surface area contributed by atoms with Gasteiger partial charge in [-0.1, -0.05) is 13.8 Å². The van der Waals surface area contributed by atoms with Crippen molar-refractivity contribution in [3.05, 3.63) is 36.2 Å². The van der Waals surface area contributed by atoms with Crippen molar-refractivity contribution in [2.75, 3.05) is 0 Å². The van der Waals surface area contributed by atoms with Crippen LogP contribution in [0.25, 0.3) is 11.0 Å². The SMILES string of the molecule is CCC(CC)(CC(=O)O)NC(=O)c1ccc2nccnc2c1. The smallest absolute Gasteiger partial charge is 0.305 e. The zero-order valence-corrected chi connectivity index (χ0v) is 12.7. The van der Waals surface area contributed by atoms with E-state index in [1.54, 1.807) is 30.6 Å². The van der Waals surface area contributed by atoms with Crippen LogP contribution in [0.2, 0.25) is 0 Å². The highest BCUT2D eigenvalue weighted by Crippen LogP contribution is 2.21. The predicted octanol–water partition coefficient (Wildman–Crippen LogP) is 2.39. The summed E-state index contributed by atoms with van der Waals surface area (Å²) in [6.07, 6.45) is 4.16. The van der Waals surface area contributed by atoms with Crippen LogP contribution in [0, 0.1) is 0 Å². The first-order chi connectivity index (χ1) is 10.5. The van der Waals surface area contributed by atoms with Gasteiger partial charge in [0, 0.05) is 18.0 Å². The summed E-state index contributed by atoms with van der Waals surface area (Å²) in [4.78, 5) is 31.8. The van der Waals surface area contributed by atoms with Crippen LogP contribution in [0.15, 0.2) is 30.6 Å². The van der Waals surface area contributed by atoms with Crippen LogP contribution in [0.4, 0.5) is 0 Å². The van der Waals surface area contributed by atoms with Crippen molar-refractivity contribution in [3.63, 3.8) is 0 Å². The number of amides is 1. The molecule has 1 aromatic carbocycles. The van der Waals surface area contributed by atoms with Crippen LogP contribution in [-0.2, 0) is 4.79 Å². The van der Waals surface area contributed by atoms with Crippen LogP contribution in [0.5, 0.6) is 0 Å². The van der Waals surface area contributed by atoms with Gasteiger partial charge < -0.3 is 10.4 Å². The Balaban J connectivity index is 2.26. The summed E-state index contributed by atoms with van der Waals surface area (Å²) in [6, 6.07) is 5.06. The molecule has 0 saturated heterocycles. The molecule has 0 saturated carbocycles. The Morgan fingerprint density at radius 3 is 2.36 bits per heavy atom. The van der Waals surface area contributed by atoms with Crippen molar-refractivity contribution in [3.8, 4) is 0 Å². The normalized spacial score (nSPS) is 11.4. The Morgan fingerprint density at radius 2 is 1.77 bits per heavy atom. The number of aromatic nitrogens is 2. The van der Waals surface area contributed by atoms with Crippen molar-refractivity contribution in [1.82, 2.24) is 15.3 Å². The lowest BCUT2D eigenvalue weighted by Gasteiger charge is -2.31. The minimum atomic E-state index is -0.923. The molecule has 1 aromatic heterocycles. The third-order valence-electron chi connectivity index (χ3n) is 3.95. The molecule has 0 radical (unpaired) electrons. The molecule has 0 aliphatic rings. The second kappa shape index (κ2) is 6.51. The molecule has 116 valence electrons. The zero-order valence-electron chi connectivity index (χ0n) is 12.7. The lowest BCUT2D eigenvalue weighted by Crippen LogP contribution is -2.49. The Labute approximate surface area is 128 Å². The molecule has 0 atom stereocenters. The first kappa shape index (κ1) is 15.9. The van der Waals surface area contributed by atoms with E-state index in [0.29, 0.717) is 29.4 Å². The second-order valence-corrected chi connectivity index (χ2v) is 5.27. The molecular formula is C16H19N3O3. The summed E-state index contributed by atoms with van der Waals surface area (Å²) in [6.45, 7) is 3.75. The van der Waals surface area contributed by atoms with E-state index in [1.807, 2.05) is 13.8 Å². The molecule has 2 N–H and O–H groups in total. The van der Waals surface area contributed by atoms with E-state index in [2.05, 4.69) is 15.3 Å². The second-order valence-electron chi connectivity index (χ2n) is 5.27. The predicted molar refractivity (Wildman–Crippen MR) is 82.6 cm³/mol. The third kappa shape index (κ3) is 3.39. The van der Waals surface area contributed by atoms with Gasteiger partial charge in [0.05, 0.1) is 23.0 Å². The number of aliphatic carboxylic acids is 1. The number of carbonyl (C=O) groups is 2. The van der Waals surface area contributed by atoms with E-state index in [1.165, 1.54) is 0 Å². The molecule has 22 heavy (non-hydrogen) atoms. The average Bonchev–Trinajstić information content (AvgIpc) is 2.53. The quantitative estimate of drug-likeness (QED) is 0.854. The van der Waals surface area contributed by atoms with E-state index in [-0.39, 0.29) is 12.3 Å². The lowest BCUT2D eigenvalue weighted by molar-refractivity contribution is -0.138. The number of rotatable bonds is 6. The fraction of sp³-hybridized carbons (Fsp3) is 0.375. The molecular weight excluding hydrogens is 282 g/mol. The fourth-order valence-corrected chi connectivity index (χ4v) is 2.43. The van der Waals surface area contributed by atoms with Crippen LogP contribution >= 0.6 is 0 Å². The van der Waals surface area contributed by atoms with E-state index in [9.17, 15) is 9.59 Å². The number of carboxylic acid groups (broad SMARTS) is 1. The van der Waals surface area contributed by atoms with Crippen LogP contribution in [0.3, 0.4) is 0 Å². The van der Waals surface area contributed by atoms with Gasteiger partial charge in [0.2, 0.25) is 0 Å². The van der Waals surface area contributed by atoms with Crippen molar-refractivity contribution in [1.29, 1.82) is 0 Å². The first-order valence-electron chi connectivity index (χ1n) is 7.25. The first-order valence-corrected chi connectivity index (χ1v) is 7.25. The monoisotopic (exact) mass is 301 g/mol. The van der Waals surface area contributed by atoms with Crippen molar-refractivity contribution >= 4 is 22.9 Å². The fourth-order valence-electron chi connectivity index (χ4n) is 2.43.